The van der Waals surface area contributed by atoms with Gasteiger partial charge < -0.3 is 9.80 Å². The van der Waals surface area contributed by atoms with Crippen molar-refractivity contribution in [3.05, 3.63) is 55.5 Å². The number of fused-ring (bicyclic) bond motifs is 2. The van der Waals surface area contributed by atoms with Crippen molar-refractivity contribution in [1.82, 2.24) is 0 Å². The molecule has 2 aromatic rings. The highest BCUT2D eigenvalue weighted by molar-refractivity contribution is 9.10. The fourth-order valence-corrected chi connectivity index (χ4v) is 4.66. The average Bonchev–Trinajstić information content (AvgIpc) is 3.05. The van der Waals surface area contributed by atoms with Gasteiger partial charge in [-0.25, -0.2) is 0 Å². The maximum atomic E-state index is 3.78. The van der Waals surface area contributed by atoms with E-state index in [0.29, 0.717) is 0 Å². The van der Waals surface area contributed by atoms with Gasteiger partial charge in [-0.2, -0.15) is 0 Å². The molecule has 0 bridgehead atoms. The van der Waals surface area contributed by atoms with Crippen molar-refractivity contribution in [2.45, 2.75) is 19.3 Å². The van der Waals surface area contributed by atoms with E-state index in [1.165, 1.54) is 42.6 Å². The molecule has 120 valence electrons. The second-order valence-electron chi connectivity index (χ2n) is 6.66. The zero-order chi connectivity index (χ0) is 16.1. The number of anilines is 2. The Hall–Kier alpha value is -1.00. The molecule has 0 saturated heterocycles. The fourth-order valence-electron chi connectivity index (χ4n) is 3.72. The molecule has 2 aromatic carbocycles. The first-order valence-electron chi connectivity index (χ1n) is 8.08. The second-order valence-corrected chi connectivity index (χ2v) is 8.37. The first-order valence-corrected chi connectivity index (χ1v) is 9.66. The molecule has 0 saturated carbocycles. The molecule has 23 heavy (non-hydrogen) atoms. The van der Waals surface area contributed by atoms with Crippen molar-refractivity contribution in [2.24, 2.45) is 0 Å². The predicted octanol–water partition coefficient (Wildman–Crippen LogP) is 4.79. The molecule has 0 fully saturated rings. The summed E-state index contributed by atoms with van der Waals surface area (Å²) in [7, 11) is 4.34. The van der Waals surface area contributed by atoms with Crippen LogP contribution in [0.4, 0.5) is 11.4 Å². The molecular formula is C19H20Br2N2. The van der Waals surface area contributed by atoms with Gasteiger partial charge in [0.2, 0.25) is 0 Å². The number of rotatable bonds is 2. The molecule has 0 amide bonds. The van der Waals surface area contributed by atoms with Crippen LogP contribution in [0.1, 0.15) is 22.3 Å². The molecule has 0 aromatic heterocycles. The third-order valence-electron chi connectivity index (χ3n) is 5.13. The third-order valence-corrected chi connectivity index (χ3v) is 6.61. The average molecular weight is 436 g/mol. The van der Waals surface area contributed by atoms with E-state index in [-0.39, 0.29) is 0 Å². The van der Waals surface area contributed by atoms with Gasteiger partial charge in [0, 0.05) is 47.5 Å². The molecule has 0 unspecified atom stereocenters. The van der Waals surface area contributed by atoms with E-state index in [4.69, 9.17) is 0 Å². The van der Waals surface area contributed by atoms with Gasteiger partial charge in [-0.1, -0.05) is 44.0 Å². The largest absolute Gasteiger partial charge is 0.374 e. The molecule has 0 spiro atoms. The number of likely N-dealkylation sites (N-methyl/N-ethyl adjacent to an activating group) is 2. The van der Waals surface area contributed by atoms with Gasteiger partial charge in [0.1, 0.15) is 0 Å². The summed E-state index contributed by atoms with van der Waals surface area (Å²) < 4.78 is 2.43. The summed E-state index contributed by atoms with van der Waals surface area (Å²) in [4.78, 5) is 4.68. The van der Waals surface area contributed by atoms with Gasteiger partial charge in [-0.3, -0.25) is 0 Å². The van der Waals surface area contributed by atoms with Gasteiger partial charge in [0.15, 0.2) is 0 Å². The van der Waals surface area contributed by atoms with E-state index in [1.807, 2.05) is 0 Å². The highest BCUT2D eigenvalue weighted by Gasteiger charge is 2.20. The lowest BCUT2D eigenvalue weighted by Gasteiger charge is -2.16. The summed E-state index contributed by atoms with van der Waals surface area (Å²) in [6.07, 6.45) is 3.28. The topological polar surface area (TPSA) is 6.48 Å². The monoisotopic (exact) mass is 434 g/mol. The summed E-state index contributed by atoms with van der Waals surface area (Å²) in [5.41, 5.74) is 8.45. The minimum atomic E-state index is 0.967. The van der Waals surface area contributed by atoms with E-state index in [0.717, 1.165) is 32.4 Å². The predicted molar refractivity (Wildman–Crippen MR) is 105 cm³/mol. The molecule has 2 nitrogen and oxygen atoms in total. The highest BCUT2D eigenvalue weighted by atomic mass is 79.9. The van der Waals surface area contributed by atoms with Crippen LogP contribution in [-0.4, -0.2) is 27.2 Å². The minimum absolute atomic E-state index is 0.967. The van der Waals surface area contributed by atoms with E-state index < -0.39 is 0 Å². The van der Waals surface area contributed by atoms with Gasteiger partial charge in [0.05, 0.1) is 0 Å². The molecule has 4 heteroatoms. The zero-order valence-electron chi connectivity index (χ0n) is 13.5. The Kier molecular flexibility index (Phi) is 3.93. The minimum Gasteiger partial charge on any atom is -0.374 e. The van der Waals surface area contributed by atoms with Gasteiger partial charge in [-0.15, -0.1) is 0 Å². The van der Waals surface area contributed by atoms with Crippen molar-refractivity contribution in [3.8, 4) is 0 Å². The lowest BCUT2D eigenvalue weighted by molar-refractivity contribution is 0.955. The first-order chi connectivity index (χ1) is 11.0. The molecule has 4 rings (SSSR count). The van der Waals surface area contributed by atoms with Crippen molar-refractivity contribution >= 4 is 43.2 Å². The highest BCUT2D eigenvalue weighted by Crippen LogP contribution is 2.37. The quantitative estimate of drug-likeness (QED) is 0.669. The summed E-state index contributed by atoms with van der Waals surface area (Å²) in [6, 6.07) is 9.34. The lowest BCUT2D eigenvalue weighted by Crippen LogP contribution is -2.12. The van der Waals surface area contributed by atoms with E-state index in [1.54, 1.807) is 0 Å². The van der Waals surface area contributed by atoms with Crippen LogP contribution in [-0.2, 0) is 19.3 Å². The van der Waals surface area contributed by atoms with E-state index in [9.17, 15) is 0 Å². The summed E-state index contributed by atoms with van der Waals surface area (Å²) in [5, 5.41) is 0. The third kappa shape index (κ3) is 2.70. The fraction of sp³-hybridized carbons (Fsp3) is 0.368. The summed E-state index contributed by atoms with van der Waals surface area (Å²) in [5.74, 6) is 0. The van der Waals surface area contributed by atoms with Crippen LogP contribution in [0.2, 0.25) is 0 Å². The van der Waals surface area contributed by atoms with Crippen LogP contribution in [0.15, 0.2) is 33.2 Å². The lowest BCUT2D eigenvalue weighted by atomic mass is 9.99. The van der Waals surface area contributed by atoms with Crippen LogP contribution in [0.3, 0.4) is 0 Å². The standard InChI is InChI=1S/C19H20Br2N2/c1-22-5-3-12-7-14(16(20)10-18(12)22)9-15-8-13-4-6-23(2)19(13)11-17(15)21/h7-8,10-11H,3-6,9H2,1-2H3. The van der Waals surface area contributed by atoms with Crippen LogP contribution < -0.4 is 9.80 Å². The smallest absolute Gasteiger partial charge is 0.0408 e. The Bertz CT molecular complexity index is 720. The Labute approximate surface area is 154 Å². The molecule has 2 aliphatic heterocycles. The number of hydrogen-bond acceptors (Lipinski definition) is 2. The number of halogens is 2. The number of hydrogen-bond donors (Lipinski definition) is 0. The molecule has 0 radical (unpaired) electrons. The number of nitrogens with zero attached hydrogens (tertiary/aromatic N) is 2. The Balaban J connectivity index is 1.69. The van der Waals surface area contributed by atoms with E-state index >= 15 is 0 Å². The maximum absolute atomic E-state index is 3.78. The Morgan fingerprint density at radius 1 is 0.783 bits per heavy atom. The molecule has 0 aliphatic carbocycles. The molecule has 0 atom stereocenters. The Morgan fingerprint density at radius 2 is 1.22 bits per heavy atom. The van der Waals surface area contributed by atoms with Gasteiger partial charge >= 0.3 is 0 Å². The van der Waals surface area contributed by atoms with Gasteiger partial charge in [0.25, 0.3) is 0 Å². The van der Waals surface area contributed by atoms with Crippen LogP contribution in [0, 0.1) is 0 Å². The Morgan fingerprint density at radius 3 is 1.65 bits per heavy atom. The molecule has 2 aliphatic rings. The van der Waals surface area contributed by atoms with Crippen molar-refractivity contribution in [2.75, 3.05) is 37.0 Å². The molecule has 0 N–H and O–H groups in total. The molecular weight excluding hydrogens is 416 g/mol. The normalized spacial score (nSPS) is 16.0. The first kappa shape index (κ1) is 15.5. The second kappa shape index (κ2) is 5.82. The van der Waals surface area contributed by atoms with E-state index in [2.05, 4.69) is 80.0 Å². The van der Waals surface area contributed by atoms with Crippen molar-refractivity contribution < 1.29 is 0 Å². The SMILES string of the molecule is CN1CCc2cc(Cc3cc4c(cc3Br)N(C)CC4)c(Br)cc21. The van der Waals surface area contributed by atoms with Gasteiger partial charge in [-0.05, 0) is 53.6 Å². The zero-order valence-corrected chi connectivity index (χ0v) is 16.7. The van der Waals surface area contributed by atoms with Crippen LogP contribution in [0.25, 0.3) is 0 Å². The van der Waals surface area contributed by atoms with Crippen molar-refractivity contribution in [1.29, 1.82) is 0 Å². The maximum Gasteiger partial charge on any atom is 0.0408 e. The molecule has 2 heterocycles. The van der Waals surface area contributed by atoms with Crippen molar-refractivity contribution in [3.63, 3.8) is 0 Å². The summed E-state index contributed by atoms with van der Waals surface area (Å²) in [6.45, 7) is 2.25. The number of benzene rings is 2. The van der Waals surface area contributed by atoms with Crippen LogP contribution in [0.5, 0.6) is 0 Å². The summed E-state index contributed by atoms with van der Waals surface area (Å²) >= 11 is 7.56. The van der Waals surface area contributed by atoms with Crippen LogP contribution >= 0.6 is 31.9 Å².